The number of rotatable bonds is 5. The van der Waals surface area contributed by atoms with Gasteiger partial charge in [0.25, 0.3) is 0 Å². The van der Waals surface area contributed by atoms with Gasteiger partial charge in [0.2, 0.25) is 0 Å². The molecule has 2 aliphatic rings. The summed E-state index contributed by atoms with van der Waals surface area (Å²) in [7, 11) is 1.53. The number of aryl methyl sites for hydroxylation is 1. The molecule has 0 bridgehead atoms. The summed E-state index contributed by atoms with van der Waals surface area (Å²) in [6, 6.07) is 1.85. The van der Waals surface area contributed by atoms with E-state index in [1.54, 1.807) is 11.8 Å². The Labute approximate surface area is 201 Å². The Bertz CT molecular complexity index is 1050. The van der Waals surface area contributed by atoms with Crippen molar-refractivity contribution in [3.05, 3.63) is 29.0 Å². The third-order valence-corrected chi connectivity index (χ3v) is 7.40. The van der Waals surface area contributed by atoms with Crippen molar-refractivity contribution in [2.45, 2.75) is 64.0 Å². The van der Waals surface area contributed by atoms with Gasteiger partial charge < -0.3 is 14.4 Å². The number of nitrogens with zero attached hydrogens (tertiary/aromatic N) is 4. The summed E-state index contributed by atoms with van der Waals surface area (Å²) in [5, 5.41) is 4.55. The number of carbonyl (C=O) groups excluding carboxylic acids is 1. The molecule has 2 aromatic heterocycles. The molecule has 0 aromatic carbocycles. The van der Waals surface area contributed by atoms with Crippen molar-refractivity contribution in [3.63, 3.8) is 0 Å². The first kappa shape index (κ1) is 25.7. The molecule has 3 heterocycles. The van der Waals surface area contributed by atoms with Crippen molar-refractivity contribution in [2.75, 3.05) is 33.4 Å². The molecule has 4 rings (SSSR count). The molecule has 194 valence electrons. The van der Waals surface area contributed by atoms with Gasteiger partial charge in [0.15, 0.2) is 11.5 Å². The second-order valence-corrected chi connectivity index (χ2v) is 9.77. The first-order valence-electron chi connectivity index (χ1n) is 12.1. The number of fused-ring (bicyclic) bond motifs is 1. The predicted molar refractivity (Wildman–Crippen MR) is 120 cm³/mol. The highest BCUT2D eigenvalue weighted by Crippen LogP contribution is 2.43. The van der Waals surface area contributed by atoms with Crippen molar-refractivity contribution in [1.29, 1.82) is 0 Å². The maximum atomic E-state index is 15.5. The van der Waals surface area contributed by atoms with Crippen LogP contribution in [-0.2, 0) is 9.47 Å². The summed E-state index contributed by atoms with van der Waals surface area (Å²) >= 11 is 0. The fraction of sp³-hybridized carbons (Fsp3) is 0.708. The Morgan fingerprint density at radius 1 is 1.17 bits per heavy atom. The summed E-state index contributed by atoms with van der Waals surface area (Å²) in [4.78, 5) is 18.5. The highest BCUT2D eigenvalue weighted by Gasteiger charge is 2.42. The van der Waals surface area contributed by atoms with E-state index in [1.807, 2.05) is 6.07 Å². The van der Waals surface area contributed by atoms with Crippen LogP contribution >= 0.6 is 0 Å². The van der Waals surface area contributed by atoms with Crippen molar-refractivity contribution in [1.82, 2.24) is 19.5 Å². The quantitative estimate of drug-likeness (QED) is 0.416. The molecular weight excluding hydrogens is 468 g/mol. The maximum Gasteiger partial charge on any atom is 0.409 e. The van der Waals surface area contributed by atoms with Crippen LogP contribution in [0.2, 0.25) is 0 Å². The van der Waals surface area contributed by atoms with E-state index in [0.717, 1.165) is 12.1 Å². The molecule has 0 radical (unpaired) electrons. The highest BCUT2D eigenvalue weighted by atomic mass is 19.4. The van der Waals surface area contributed by atoms with Crippen LogP contribution in [0.3, 0.4) is 0 Å². The van der Waals surface area contributed by atoms with E-state index in [9.17, 15) is 18.0 Å². The molecule has 1 aliphatic carbocycles. The number of carbonyl (C=O) groups is 1. The summed E-state index contributed by atoms with van der Waals surface area (Å²) in [5.41, 5.74) is 1.62. The van der Waals surface area contributed by atoms with Crippen LogP contribution in [0, 0.1) is 24.6 Å². The Morgan fingerprint density at radius 3 is 2.54 bits per heavy atom. The summed E-state index contributed by atoms with van der Waals surface area (Å²) in [5.74, 6) is -2.21. The first-order chi connectivity index (χ1) is 16.6. The number of amides is 1. The number of hydrogen-bond donors (Lipinski definition) is 0. The molecule has 1 aliphatic heterocycles. The molecule has 1 amide bonds. The molecule has 2 fully saturated rings. The number of methoxy groups -OCH3 is 1. The Kier molecular flexibility index (Phi) is 7.54. The average molecular weight is 501 g/mol. The number of hydrogen-bond acceptors (Lipinski definition) is 5. The lowest BCUT2D eigenvalue weighted by atomic mass is 9.80. The summed E-state index contributed by atoms with van der Waals surface area (Å²) < 4.78 is 66.4. The maximum absolute atomic E-state index is 15.5. The Balaban J connectivity index is 1.60. The third kappa shape index (κ3) is 5.39. The van der Waals surface area contributed by atoms with Gasteiger partial charge in [-0.05, 0) is 51.0 Å². The molecule has 2 atom stereocenters. The first-order valence-corrected chi connectivity index (χ1v) is 12.1. The van der Waals surface area contributed by atoms with Gasteiger partial charge in [-0.1, -0.05) is 6.92 Å². The normalized spacial score (nSPS) is 25.7. The van der Waals surface area contributed by atoms with E-state index in [1.165, 1.54) is 11.6 Å². The molecule has 0 N–H and O–H groups in total. The largest absolute Gasteiger partial charge is 0.447 e. The van der Waals surface area contributed by atoms with Crippen LogP contribution in [-0.4, -0.2) is 65.2 Å². The van der Waals surface area contributed by atoms with Gasteiger partial charge in [-0.25, -0.2) is 18.7 Å². The lowest BCUT2D eigenvalue weighted by Gasteiger charge is -2.36. The minimum absolute atomic E-state index is 0.0272. The van der Waals surface area contributed by atoms with Crippen LogP contribution in [0.4, 0.5) is 22.4 Å². The van der Waals surface area contributed by atoms with Crippen LogP contribution < -0.4 is 0 Å². The second-order valence-electron chi connectivity index (χ2n) is 9.77. The second kappa shape index (κ2) is 10.3. The molecule has 35 heavy (non-hydrogen) atoms. The van der Waals surface area contributed by atoms with Gasteiger partial charge in [0.1, 0.15) is 12.3 Å². The van der Waals surface area contributed by atoms with Crippen molar-refractivity contribution >= 4 is 11.7 Å². The number of alkyl halides is 3. The molecule has 0 spiro atoms. The molecular formula is C24H32F4N4O3. The smallest absolute Gasteiger partial charge is 0.409 e. The highest BCUT2D eigenvalue weighted by molar-refractivity contribution is 5.68. The predicted octanol–water partition coefficient (Wildman–Crippen LogP) is 5.22. The molecule has 7 nitrogen and oxygen atoms in total. The van der Waals surface area contributed by atoms with Crippen molar-refractivity contribution in [3.8, 4) is 0 Å². The van der Waals surface area contributed by atoms with Crippen molar-refractivity contribution < 1.29 is 31.8 Å². The number of piperidine rings is 1. The minimum Gasteiger partial charge on any atom is -0.447 e. The number of aromatic nitrogens is 3. The van der Waals surface area contributed by atoms with Gasteiger partial charge >= 0.3 is 12.3 Å². The van der Waals surface area contributed by atoms with Gasteiger partial charge in [0.05, 0.1) is 18.2 Å². The van der Waals surface area contributed by atoms with Gasteiger partial charge in [-0.15, -0.1) is 0 Å². The zero-order valence-corrected chi connectivity index (χ0v) is 20.3. The van der Waals surface area contributed by atoms with Crippen LogP contribution in [0.1, 0.15) is 67.9 Å². The lowest BCUT2D eigenvalue weighted by molar-refractivity contribution is -0.182. The standard InChI is InChI=1S/C24H32F4N4O3/c1-14-8-9-31(23(33)35-11-10-34-3)13-18(14)19-12-15(2)29-22-20(25)21(30-32(19)22)16-4-6-17(7-5-16)24(26,27)28/h12,14,16-18H,4-11,13H2,1-3H3/t14-,16?,17?,18-/m0/s1. The molecule has 11 heteroatoms. The van der Waals surface area contributed by atoms with Gasteiger partial charge in [-0.2, -0.15) is 18.3 Å². The number of halogens is 4. The zero-order valence-electron chi connectivity index (χ0n) is 20.3. The summed E-state index contributed by atoms with van der Waals surface area (Å²) in [6.07, 6.45) is -3.48. The zero-order chi connectivity index (χ0) is 25.3. The van der Waals surface area contributed by atoms with E-state index in [-0.39, 0.29) is 61.4 Å². The van der Waals surface area contributed by atoms with Crippen molar-refractivity contribution in [2.24, 2.45) is 11.8 Å². The Morgan fingerprint density at radius 2 is 1.89 bits per heavy atom. The van der Waals surface area contributed by atoms with Crippen LogP contribution in [0.5, 0.6) is 0 Å². The molecule has 2 aromatic rings. The van der Waals surface area contributed by atoms with E-state index >= 15 is 4.39 Å². The van der Waals surface area contributed by atoms with Gasteiger partial charge in [-0.3, -0.25) is 0 Å². The SMILES string of the molecule is COCCOC(=O)N1CC[C@H](C)[C@@H](c2cc(C)nc3c(F)c(C4CCC(C(F)(F)F)CC4)nn23)C1. The fourth-order valence-electron chi connectivity index (χ4n) is 5.30. The van der Waals surface area contributed by atoms with E-state index in [2.05, 4.69) is 17.0 Å². The molecule has 0 unspecified atom stereocenters. The van der Waals surface area contributed by atoms with Crippen LogP contribution in [0.25, 0.3) is 5.65 Å². The van der Waals surface area contributed by atoms with E-state index in [4.69, 9.17) is 9.47 Å². The summed E-state index contributed by atoms with van der Waals surface area (Å²) in [6.45, 7) is 5.27. The fourth-order valence-corrected chi connectivity index (χ4v) is 5.30. The average Bonchev–Trinajstić information content (AvgIpc) is 3.15. The third-order valence-electron chi connectivity index (χ3n) is 7.40. The monoisotopic (exact) mass is 500 g/mol. The van der Waals surface area contributed by atoms with Gasteiger partial charge in [0, 0.05) is 37.7 Å². The van der Waals surface area contributed by atoms with E-state index < -0.39 is 24.0 Å². The Hall–Kier alpha value is -2.43. The van der Waals surface area contributed by atoms with E-state index in [0.29, 0.717) is 25.4 Å². The lowest BCUT2D eigenvalue weighted by Crippen LogP contribution is -2.43. The molecule has 1 saturated heterocycles. The number of likely N-dealkylation sites (tertiary alicyclic amines) is 1. The molecule has 1 saturated carbocycles. The van der Waals surface area contributed by atoms with Crippen LogP contribution in [0.15, 0.2) is 6.07 Å². The minimum atomic E-state index is -4.22. The number of ether oxygens (including phenoxy) is 2. The topological polar surface area (TPSA) is 69.0 Å².